The molecule has 3 aromatic heterocycles. The molecule has 0 bridgehead atoms. The molecule has 12 rings (SSSR count). The van der Waals surface area contributed by atoms with Crippen LogP contribution in [0, 0.1) is 0 Å². The molecule has 0 spiro atoms. The third-order valence-corrected chi connectivity index (χ3v) is 13.1. The van der Waals surface area contributed by atoms with Gasteiger partial charge in [0.15, 0.2) is 17.5 Å². The highest BCUT2D eigenvalue weighted by atomic mass is 32.1. The van der Waals surface area contributed by atoms with Gasteiger partial charge >= 0.3 is 0 Å². The van der Waals surface area contributed by atoms with E-state index in [-0.39, 0.29) is 0 Å². The lowest BCUT2D eigenvalue weighted by Crippen LogP contribution is -2.02. The molecule has 0 fully saturated rings. The van der Waals surface area contributed by atoms with Crippen LogP contribution in [0.3, 0.4) is 0 Å². The molecule has 0 saturated heterocycles. The van der Waals surface area contributed by atoms with Gasteiger partial charge in [0.05, 0.1) is 16.7 Å². The zero-order chi connectivity index (χ0) is 41.0. The molecule has 0 aliphatic rings. The predicted octanol–water partition coefficient (Wildman–Crippen LogP) is 15.3. The Labute approximate surface area is 362 Å². The second-order valence-corrected chi connectivity index (χ2v) is 16.6. The molecule has 12 aromatic rings. The van der Waals surface area contributed by atoms with Gasteiger partial charge in [-0.1, -0.05) is 194 Å². The maximum absolute atomic E-state index is 5.32. The van der Waals surface area contributed by atoms with E-state index in [0.29, 0.717) is 17.5 Å². The van der Waals surface area contributed by atoms with Crippen LogP contribution in [0.2, 0.25) is 0 Å². The van der Waals surface area contributed by atoms with Crippen molar-refractivity contribution in [3.05, 3.63) is 218 Å². The number of hydrogen-bond donors (Lipinski definition) is 0. The standard InChI is InChI=1S/C57H36N4S/c1-4-17-37(18-5-1)43-34-33-42(36-51(43)61-50-31-12-10-25-46(50)48-29-15-27-44(53(48)61)38-19-6-2-7-20-38)57-59-55(39-21-8-3-9-22-39)58-56(60-57)41-24-14-23-40(35-41)45-28-16-30-49-47-26-11-13-32-52(47)62-54(45)49/h1-36H. The molecule has 0 aliphatic heterocycles. The fraction of sp³-hybridized carbons (Fsp3) is 0. The third-order valence-electron chi connectivity index (χ3n) is 11.9. The van der Waals surface area contributed by atoms with E-state index in [2.05, 4.69) is 205 Å². The maximum atomic E-state index is 5.32. The number of benzene rings is 9. The molecule has 0 saturated carbocycles. The first-order valence-electron chi connectivity index (χ1n) is 20.9. The number of hydrogen-bond acceptors (Lipinski definition) is 4. The van der Waals surface area contributed by atoms with Crippen molar-refractivity contribution in [2.75, 3.05) is 0 Å². The Morgan fingerprint density at radius 2 is 0.839 bits per heavy atom. The molecule has 0 radical (unpaired) electrons. The van der Waals surface area contributed by atoms with Crippen molar-refractivity contribution >= 4 is 53.3 Å². The minimum absolute atomic E-state index is 0.607. The maximum Gasteiger partial charge on any atom is 0.164 e. The molecule has 5 heteroatoms. The van der Waals surface area contributed by atoms with Crippen molar-refractivity contribution in [3.63, 3.8) is 0 Å². The van der Waals surface area contributed by atoms with Crippen LogP contribution in [-0.2, 0) is 0 Å². The van der Waals surface area contributed by atoms with Gasteiger partial charge in [0, 0.05) is 58.8 Å². The van der Waals surface area contributed by atoms with Crippen LogP contribution < -0.4 is 0 Å². The molecule has 4 nitrogen and oxygen atoms in total. The molecule has 9 aromatic carbocycles. The van der Waals surface area contributed by atoms with Crippen LogP contribution in [0.4, 0.5) is 0 Å². The fourth-order valence-electron chi connectivity index (χ4n) is 8.99. The summed E-state index contributed by atoms with van der Waals surface area (Å²) in [7, 11) is 0. The first-order chi connectivity index (χ1) is 30.7. The zero-order valence-corrected chi connectivity index (χ0v) is 34.3. The second-order valence-electron chi connectivity index (χ2n) is 15.6. The van der Waals surface area contributed by atoms with Gasteiger partial charge in [0.25, 0.3) is 0 Å². The van der Waals surface area contributed by atoms with Gasteiger partial charge in [-0.2, -0.15) is 0 Å². The lowest BCUT2D eigenvalue weighted by atomic mass is 9.99. The van der Waals surface area contributed by atoms with Gasteiger partial charge < -0.3 is 4.57 Å². The number of fused-ring (bicyclic) bond motifs is 6. The summed E-state index contributed by atoms with van der Waals surface area (Å²) in [6.07, 6.45) is 0. The van der Waals surface area contributed by atoms with Crippen LogP contribution >= 0.6 is 11.3 Å². The van der Waals surface area contributed by atoms with E-state index in [0.717, 1.165) is 50.1 Å². The molecule has 0 unspecified atom stereocenters. The van der Waals surface area contributed by atoms with E-state index in [1.165, 1.54) is 47.6 Å². The molecule has 0 N–H and O–H groups in total. The number of aromatic nitrogens is 4. The quantitative estimate of drug-likeness (QED) is 0.161. The average molecular weight is 809 g/mol. The van der Waals surface area contributed by atoms with Crippen LogP contribution in [0.5, 0.6) is 0 Å². The summed E-state index contributed by atoms with van der Waals surface area (Å²) in [6.45, 7) is 0. The third kappa shape index (κ3) is 6.09. The summed E-state index contributed by atoms with van der Waals surface area (Å²) < 4.78 is 5.01. The Morgan fingerprint density at radius 3 is 1.58 bits per heavy atom. The molecule has 290 valence electrons. The summed E-state index contributed by atoms with van der Waals surface area (Å²) in [6, 6.07) is 77.5. The van der Waals surface area contributed by atoms with Crippen molar-refractivity contribution in [2.24, 2.45) is 0 Å². The number of nitrogens with zero attached hydrogens (tertiary/aromatic N) is 4. The molecule has 3 heterocycles. The second kappa shape index (κ2) is 14.9. The van der Waals surface area contributed by atoms with Crippen LogP contribution in [-0.4, -0.2) is 19.5 Å². The summed E-state index contributed by atoms with van der Waals surface area (Å²) in [5.41, 5.74) is 13.0. The lowest BCUT2D eigenvalue weighted by molar-refractivity contribution is 1.07. The molecule has 0 atom stereocenters. The normalized spacial score (nSPS) is 11.5. The minimum Gasteiger partial charge on any atom is -0.308 e. The smallest absolute Gasteiger partial charge is 0.164 e. The first-order valence-corrected chi connectivity index (χ1v) is 21.7. The highest BCUT2D eigenvalue weighted by Gasteiger charge is 2.21. The predicted molar refractivity (Wildman–Crippen MR) is 260 cm³/mol. The van der Waals surface area contributed by atoms with Gasteiger partial charge in [0.2, 0.25) is 0 Å². The highest BCUT2D eigenvalue weighted by Crippen LogP contribution is 2.43. The lowest BCUT2D eigenvalue weighted by Gasteiger charge is -2.18. The SMILES string of the molecule is c1ccc(-c2nc(-c3cccc(-c4cccc5c4sc4ccccc45)c3)nc(-c3ccc(-c4ccccc4)c(-n4c5ccccc5c5cccc(-c6ccccc6)c54)c3)n2)cc1. The fourth-order valence-corrected chi connectivity index (χ4v) is 10.2. The van der Waals surface area contributed by atoms with Gasteiger partial charge in [-0.05, 0) is 46.5 Å². The van der Waals surface area contributed by atoms with Gasteiger partial charge in [-0.25, -0.2) is 15.0 Å². The zero-order valence-electron chi connectivity index (χ0n) is 33.5. The van der Waals surface area contributed by atoms with Crippen LogP contribution in [0.1, 0.15) is 0 Å². The highest BCUT2D eigenvalue weighted by molar-refractivity contribution is 7.26. The summed E-state index contributed by atoms with van der Waals surface area (Å²) in [5, 5.41) is 4.96. The molecular weight excluding hydrogens is 773 g/mol. The first kappa shape index (κ1) is 35.9. The average Bonchev–Trinajstić information content (AvgIpc) is 3.91. The van der Waals surface area contributed by atoms with E-state index < -0.39 is 0 Å². The van der Waals surface area contributed by atoms with E-state index in [1.807, 2.05) is 29.5 Å². The number of thiophene rings is 1. The summed E-state index contributed by atoms with van der Waals surface area (Å²) in [4.78, 5) is 15.7. The summed E-state index contributed by atoms with van der Waals surface area (Å²) in [5.74, 6) is 1.85. The van der Waals surface area contributed by atoms with Crippen LogP contribution in [0.15, 0.2) is 218 Å². The Balaban J connectivity index is 1.09. The van der Waals surface area contributed by atoms with E-state index in [9.17, 15) is 0 Å². The summed E-state index contributed by atoms with van der Waals surface area (Å²) >= 11 is 1.84. The van der Waals surface area contributed by atoms with E-state index in [1.54, 1.807) is 0 Å². The van der Waals surface area contributed by atoms with Crippen molar-refractivity contribution in [1.82, 2.24) is 19.5 Å². The van der Waals surface area contributed by atoms with Crippen molar-refractivity contribution in [1.29, 1.82) is 0 Å². The Bertz CT molecular complexity index is 3630. The van der Waals surface area contributed by atoms with E-state index >= 15 is 0 Å². The molecule has 62 heavy (non-hydrogen) atoms. The van der Waals surface area contributed by atoms with Gasteiger partial charge in [-0.15, -0.1) is 11.3 Å². The van der Waals surface area contributed by atoms with Crippen LogP contribution in [0.25, 0.3) is 115 Å². The van der Waals surface area contributed by atoms with Gasteiger partial charge in [-0.3, -0.25) is 0 Å². The largest absolute Gasteiger partial charge is 0.308 e. The number of rotatable bonds is 7. The molecule has 0 amide bonds. The minimum atomic E-state index is 0.607. The Kier molecular flexibility index (Phi) is 8.65. The van der Waals surface area contributed by atoms with Crippen molar-refractivity contribution in [2.45, 2.75) is 0 Å². The van der Waals surface area contributed by atoms with Gasteiger partial charge in [0.1, 0.15) is 0 Å². The van der Waals surface area contributed by atoms with Crippen molar-refractivity contribution in [3.8, 4) is 73.2 Å². The molecule has 0 aliphatic carbocycles. The topological polar surface area (TPSA) is 43.6 Å². The Morgan fingerprint density at radius 1 is 0.323 bits per heavy atom. The van der Waals surface area contributed by atoms with Crippen molar-refractivity contribution < 1.29 is 0 Å². The monoisotopic (exact) mass is 808 g/mol. The van der Waals surface area contributed by atoms with E-state index in [4.69, 9.17) is 15.0 Å². The molecular formula is C57H36N4S. The Hall–Kier alpha value is -7.99. The number of para-hydroxylation sites is 2.